The van der Waals surface area contributed by atoms with Crippen molar-refractivity contribution in [3.63, 3.8) is 0 Å². The second kappa shape index (κ2) is 7.14. The van der Waals surface area contributed by atoms with Gasteiger partial charge in [-0.3, -0.25) is 4.79 Å². The smallest absolute Gasteiger partial charge is 0.229 e. The predicted octanol–water partition coefficient (Wildman–Crippen LogP) is 3.80. The number of hydrogen-bond donors (Lipinski definition) is 0. The van der Waals surface area contributed by atoms with Gasteiger partial charge in [0.25, 0.3) is 0 Å². The minimum Gasteiger partial charge on any atom is -0.497 e. The molecule has 0 saturated heterocycles. The quantitative estimate of drug-likeness (QED) is 0.762. The molecular weight excluding hydrogens is 288 g/mol. The summed E-state index contributed by atoms with van der Waals surface area (Å²) in [6.07, 6.45) is 0.534. The average Bonchev–Trinajstić information content (AvgIpc) is 2.52. The van der Waals surface area contributed by atoms with E-state index in [1.165, 1.54) is 0 Å². The number of benzene rings is 2. The number of carbonyl (C=O) groups is 1. The summed E-state index contributed by atoms with van der Waals surface area (Å²) in [6, 6.07) is 15.0. The van der Waals surface area contributed by atoms with E-state index in [1.807, 2.05) is 48.5 Å². The zero-order valence-corrected chi connectivity index (χ0v) is 12.8. The molecule has 0 amide bonds. The maximum Gasteiger partial charge on any atom is 0.229 e. The number of hydrogen-bond acceptors (Lipinski definition) is 3. The van der Waals surface area contributed by atoms with Gasteiger partial charge in [0, 0.05) is 0 Å². The van der Waals surface area contributed by atoms with Crippen LogP contribution >= 0.6 is 11.6 Å². The molecule has 1 unspecified atom stereocenters. The van der Waals surface area contributed by atoms with Gasteiger partial charge < -0.3 is 9.47 Å². The van der Waals surface area contributed by atoms with Gasteiger partial charge in [0.15, 0.2) is 0 Å². The van der Waals surface area contributed by atoms with Crippen molar-refractivity contribution < 1.29 is 14.3 Å². The Balaban J connectivity index is 2.23. The van der Waals surface area contributed by atoms with Crippen LogP contribution in [0.1, 0.15) is 17.0 Å². The molecule has 0 spiro atoms. The molecule has 0 aliphatic heterocycles. The molecule has 0 heterocycles. The Bertz CT molecular complexity index is 608. The summed E-state index contributed by atoms with van der Waals surface area (Å²) in [5.74, 6) is 1.13. The largest absolute Gasteiger partial charge is 0.497 e. The number of methoxy groups -OCH3 is 2. The number of rotatable bonds is 6. The van der Waals surface area contributed by atoms with Crippen LogP contribution in [0.2, 0.25) is 0 Å². The van der Waals surface area contributed by atoms with E-state index in [1.54, 1.807) is 14.2 Å². The zero-order valence-electron chi connectivity index (χ0n) is 12.0. The van der Waals surface area contributed by atoms with E-state index < -0.39 is 0 Å². The highest BCUT2D eigenvalue weighted by Gasteiger charge is 2.19. The molecule has 2 aromatic carbocycles. The highest BCUT2D eigenvalue weighted by Crippen LogP contribution is 2.26. The van der Waals surface area contributed by atoms with E-state index >= 15 is 0 Å². The highest BCUT2D eigenvalue weighted by atomic mass is 35.5. The van der Waals surface area contributed by atoms with Crippen molar-refractivity contribution in [1.29, 1.82) is 0 Å². The molecule has 0 fully saturated rings. The molecule has 4 heteroatoms. The molecule has 0 N–H and O–H groups in total. The van der Waals surface area contributed by atoms with Crippen molar-refractivity contribution in [3.05, 3.63) is 59.7 Å². The fraction of sp³-hybridized carbons (Fsp3) is 0.235. The predicted molar refractivity (Wildman–Crippen MR) is 83.3 cm³/mol. The van der Waals surface area contributed by atoms with Crippen molar-refractivity contribution in [2.45, 2.75) is 12.3 Å². The summed E-state index contributed by atoms with van der Waals surface area (Å²) in [5, 5.41) is -0.372. The first-order valence-electron chi connectivity index (χ1n) is 6.60. The first kappa shape index (κ1) is 15.4. The second-order valence-corrected chi connectivity index (χ2v) is 5.06. The lowest BCUT2D eigenvalue weighted by atomic mass is 9.93. The zero-order chi connectivity index (χ0) is 15.2. The Morgan fingerprint density at radius 3 is 2.29 bits per heavy atom. The fourth-order valence-corrected chi connectivity index (χ4v) is 2.40. The lowest BCUT2D eigenvalue weighted by Gasteiger charge is -2.14. The third-order valence-electron chi connectivity index (χ3n) is 3.37. The lowest BCUT2D eigenvalue weighted by molar-refractivity contribution is -0.113. The van der Waals surface area contributed by atoms with Gasteiger partial charge in [-0.05, 0) is 53.4 Å². The molecule has 0 radical (unpaired) electrons. The van der Waals surface area contributed by atoms with Crippen LogP contribution in [0.15, 0.2) is 48.5 Å². The lowest BCUT2D eigenvalue weighted by Crippen LogP contribution is -2.10. The monoisotopic (exact) mass is 304 g/mol. The number of ether oxygens (including phenoxy) is 2. The van der Waals surface area contributed by atoms with E-state index in [0.717, 1.165) is 22.6 Å². The first-order chi connectivity index (χ1) is 10.1. The van der Waals surface area contributed by atoms with E-state index in [2.05, 4.69) is 0 Å². The third kappa shape index (κ3) is 3.99. The van der Waals surface area contributed by atoms with Gasteiger partial charge in [0.05, 0.1) is 20.1 Å². The molecule has 0 bridgehead atoms. The van der Waals surface area contributed by atoms with Crippen LogP contribution in [0.5, 0.6) is 11.5 Å². The van der Waals surface area contributed by atoms with Gasteiger partial charge in [-0.2, -0.15) is 0 Å². The fourth-order valence-electron chi connectivity index (χ4n) is 2.20. The number of carbonyl (C=O) groups excluding carboxylic acids is 1. The third-order valence-corrected chi connectivity index (χ3v) is 3.63. The summed E-state index contributed by atoms with van der Waals surface area (Å²) in [6.45, 7) is 0. The van der Waals surface area contributed by atoms with Crippen LogP contribution in [0.4, 0.5) is 0 Å². The second-order valence-electron chi connectivity index (χ2n) is 4.69. The van der Waals surface area contributed by atoms with Crippen LogP contribution < -0.4 is 9.47 Å². The Labute approximate surface area is 129 Å². The van der Waals surface area contributed by atoms with Crippen molar-refractivity contribution in [3.8, 4) is 11.5 Å². The Kier molecular flexibility index (Phi) is 5.23. The molecule has 0 aromatic heterocycles. The van der Waals surface area contributed by atoms with Crippen molar-refractivity contribution in [1.82, 2.24) is 0 Å². The van der Waals surface area contributed by atoms with Crippen molar-refractivity contribution in [2.24, 2.45) is 0 Å². The molecule has 0 saturated carbocycles. The molecule has 2 aromatic rings. The van der Waals surface area contributed by atoms with E-state index in [4.69, 9.17) is 21.1 Å². The van der Waals surface area contributed by atoms with Crippen molar-refractivity contribution in [2.75, 3.05) is 14.2 Å². The molecule has 1 atom stereocenters. The van der Waals surface area contributed by atoms with E-state index in [0.29, 0.717) is 6.42 Å². The molecule has 0 aliphatic carbocycles. The van der Waals surface area contributed by atoms with Gasteiger partial charge in [0.2, 0.25) is 5.24 Å². The standard InChI is InChI=1S/C17H17ClO3/c1-20-14-8-6-13(7-9-14)16(17(18)19)11-12-4-3-5-15(10-12)21-2/h3-10,16H,11H2,1-2H3. The van der Waals surface area contributed by atoms with Crippen LogP contribution in [-0.4, -0.2) is 19.5 Å². The molecule has 0 aliphatic rings. The minimum atomic E-state index is -0.385. The van der Waals surface area contributed by atoms with Gasteiger partial charge in [-0.15, -0.1) is 0 Å². The van der Waals surface area contributed by atoms with Crippen LogP contribution in [-0.2, 0) is 11.2 Å². The van der Waals surface area contributed by atoms with E-state index in [9.17, 15) is 4.79 Å². The minimum absolute atomic E-state index is 0.372. The highest BCUT2D eigenvalue weighted by molar-refractivity contribution is 6.64. The van der Waals surface area contributed by atoms with Crippen molar-refractivity contribution >= 4 is 16.8 Å². The summed E-state index contributed by atoms with van der Waals surface area (Å²) in [7, 11) is 3.22. The normalized spacial score (nSPS) is 11.8. The SMILES string of the molecule is COc1ccc(C(Cc2cccc(OC)c2)C(=O)Cl)cc1. The summed E-state index contributed by atoms with van der Waals surface area (Å²) < 4.78 is 10.3. The number of halogens is 1. The molecular formula is C17H17ClO3. The van der Waals surface area contributed by atoms with Crippen LogP contribution in [0.3, 0.4) is 0 Å². The molecule has 2 rings (SSSR count). The summed E-state index contributed by atoms with van der Waals surface area (Å²) >= 11 is 5.77. The first-order valence-corrected chi connectivity index (χ1v) is 6.98. The van der Waals surface area contributed by atoms with Gasteiger partial charge in [-0.1, -0.05) is 24.3 Å². The maximum absolute atomic E-state index is 11.8. The van der Waals surface area contributed by atoms with Gasteiger partial charge in [-0.25, -0.2) is 0 Å². The molecule has 21 heavy (non-hydrogen) atoms. The van der Waals surface area contributed by atoms with E-state index in [-0.39, 0.29) is 11.2 Å². The molecule has 110 valence electrons. The van der Waals surface area contributed by atoms with Gasteiger partial charge in [0.1, 0.15) is 11.5 Å². The topological polar surface area (TPSA) is 35.5 Å². The Morgan fingerprint density at radius 2 is 1.71 bits per heavy atom. The summed E-state index contributed by atoms with van der Waals surface area (Å²) in [4.78, 5) is 11.8. The maximum atomic E-state index is 11.8. The Hall–Kier alpha value is -2.00. The average molecular weight is 305 g/mol. The Morgan fingerprint density at radius 1 is 1.05 bits per heavy atom. The molecule has 3 nitrogen and oxygen atoms in total. The van der Waals surface area contributed by atoms with Gasteiger partial charge >= 0.3 is 0 Å². The van der Waals surface area contributed by atoms with Crippen LogP contribution in [0, 0.1) is 0 Å². The van der Waals surface area contributed by atoms with Crippen LogP contribution in [0.25, 0.3) is 0 Å². The summed E-state index contributed by atoms with van der Waals surface area (Å²) in [5.41, 5.74) is 1.88.